The molecule has 1 N–H and O–H groups in total. The lowest BCUT2D eigenvalue weighted by atomic mass is 10.1. The molecule has 0 saturated carbocycles. The summed E-state index contributed by atoms with van der Waals surface area (Å²) in [6, 6.07) is 17.5. The SMILES string of the molecule is COC(=O)c1ccc(Cl)c(S(=O)(=O)NCc2ccc3ccccc3c2)c1. The third-order valence-corrected chi connectivity index (χ3v) is 5.80. The lowest BCUT2D eigenvalue weighted by molar-refractivity contribution is 0.0600. The molecule has 3 aromatic rings. The first kappa shape index (κ1) is 18.4. The zero-order valence-corrected chi connectivity index (χ0v) is 15.5. The predicted molar refractivity (Wildman–Crippen MR) is 101 cm³/mol. The molecule has 0 unspecified atom stereocenters. The van der Waals surface area contributed by atoms with Crippen LogP contribution in [0.15, 0.2) is 65.6 Å². The van der Waals surface area contributed by atoms with Gasteiger partial charge in [-0.15, -0.1) is 0 Å². The number of esters is 1. The number of fused-ring (bicyclic) bond motifs is 1. The van der Waals surface area contributed by atoms with Gasteiger partial charge in [0.1, 0.15) is 4.90 Å². The molecule has 0 spiro atoms. The van der Waals surface area contributed by atoms with Crippen molar-refractivity contribution < 1.29 is 17.9 Å². The molecule has 5 nitrogen and oxygen atoms in total. The lowest BCUT2D eigenvalue weighted by Gasteiger charge is -2.10. The number of methoxy groups -OCH3 is 1. The molecular weight excluding hydrogens is 374 g/mol. The van der Waals surface area contributed by atoms with Crippen molar-refractivity contribution in [3.8, 4) is 0 Å². The molecule has 0 heterocycles. The fourth-order valence-electron chi connectivity index (χ4n) is 2.56. The average molecular weight is 390 g/mol. The number of benzene rings is 3. The number of ether oxygens (including phenoxy) is 1. The summed E-state index contributed by atoms with van der Waals surface area (Å²) in [4.78, 5) is 11.5. The van der Waals surface area contributed by atoms with E-state index in [1.807, 2.05) is 42.5 Å². The number of rotatable bonds is 5. The van der Waals surface area contributed by atoms with E-state index in [9.17, 15) is 13.2 Å². The number of halogens is 1. The molecule has 0 aliphatic rings. The van der Waals surface area contributed by atoms with Crippen LogP contribution >= 0.6 is 11.6 Å². The fraction of sp³-hybridized carbons (Fsp3) is 0.105. The van der Waals surface area contributed by atoms with Crippen molar-refractivity contribution in [3.05, 3.63) is 76.8 Å². The number of hydrogen-bond acceptors (Lipinski definition) is 4. The second-order valence-electron chi connectivity index (χ2n) is 5.64. The largest absolute Gasteiger partial charge is 0.465 e. The summed E-state index contributed by atoms with van der Waals surface area (Å²) < 4.78 is 32.3. The maximum absolute atomic E-state index is 12.6. The van der Waals surface area contributed by atoms with Crippen LogP contribution in [0.25, 0.3) is 10.8 Å². The van der Waals surface area contributed by atoms with Crippen LogP contribution in [0.2, 0.25) is 5.02 Å². The zero-order chi connectivity index (χ0) is 18.7. The number of carbonyl (C=O) groups excluding carboxylic acids is 1. The second kappa shape index (κ2) is 7.45. The van der Waals surface area contributed by atoms with Crippen molar-refractivity contribution >= 4 is 38.4 Å². The van der Waals surface area contributed by atoms with Crippen molar-refractivity contribution in [3.63, 3.8) is 0 Å². The highest BCUT2D eigenvalue weighted by atomic mass is 35.5. The average Bonchev–Trinajstić information content (AvgIpc) is 2.66. The Balaban J connectivity index is 1.85. The van der Waals surface area contributed by atoms with Crippen LogP contribution in [0.4, 0.5) is 0 Å². The summed E-state index contributed by atoms with van der Waals surface area (Å²) in [7, 11) is -2.67. The first-order valence-corrected chi connectivity index (χ1v) is 9.62. The Hall–Kier alpha value is -2.41. The first-order valence-electron chi connectivity index (χ1n) is 7.76. The van der Waals surface area contributed by atoms with Crippen LogP contribution in [0, 0.1) is 0 Å². The third-order valence-electron chi connectivity index (χ3n) is 3.92. The lowest BCUT2D eigenvalue weighted by Crippen LogP contribution is -2.24. The highest BCUT2D eigenvalue weighted by molar-refractivity contribution is 7.89. The standard InChI is InChI=1S/C19H16ClNO4S/c1-25-19(22)16-8-9-17(20)18(11-16)26(23,24)21-12-13-6-7-14-4-2-3-5-15(14)10-13/h2-11,21H,12H2,1H3. The Labute approximate surface area is 156 Å². The molecule has 7 heteroatoms. The van der Waals surface area contributed by atoms with E-state index in [1.54, 1.807) is 0 Å². The van der Waals surface area contributed by atoms with E-state index in [4.69, 9.17) is 11.6 Å². The first-order chi connectivity index (χ1) is 12.4. The summed E-state index contributed by atoms with van der Waals surface area (Å²) in [5, 5.41) is 2.13. The predicted octanol–water partition coefficient (Wildman–Crippen LogP) is 3.76. The van der Waals surface area contributed by atoms with Gasteiger partial charge in [0.15, 0.2) is 0 Å². The third kappa shape index (κ3) is 3.88. The van der Waals surface area contributed by atoms with E-state index in [2.05, 4.69) is 9.46 Å². The van der Waals surface area contributed by atoms with Crippen LogP contribution in [0.3, 0.4) is 0 Å². The monoisotopic (exact) mass is 389 g/mol. The summed E-state index contributed by atoms with van der Waals surface area (Å²) in [5.74, 6) is -0.632. The molecule has 0 fully saturated rings. The Morgan fingerprint density at radius 1 is 1.04 bits per heavy atom. The van der Waals surface area contributed by atoms with Gasteiger partial charge in [-0.25, -0.2) is 17.9 Å². The van der Waals surface area contributed by atoms with Gasteiger partial charge in [0, 0.05) is 6.54 Å². The van der Waals surface area contributed by atoms with E-state index < -0.39 is 16.0 Å². The number of nitrogens with one attached hydrogen (secondary N) is 1. The van der Waals surface area contributed by atoms with Gasteiger partial charge in [-0.3, -0.25) is 0 Å². The van der Waals surface area contributed by atoms with E-state index in [-0.39, 0.29) is 22.0 Å². The maximum Gasteiger partial charge on any atom is 0.337 e. The van der Waals surface area contributed by atoms with Crippen molar-refractivity contribution in [1.82, 2.24) is 4.72 Å². The Kier molecular flexibility index (Phi) is 5.27. The van der Waals surface area contributed by atoms with Crippen LogP contribution in [-0.2, 0) is 21.3 Å². The normalized spacial score (nSPS) is 11.5. The van der Waals surface area contributed by atoms with Gasteiger partial charge in [0.25, 0.3) is 0 Å². The fourth-order valence-corrected chi connectivity index (χ4v) is 4.10. The van der Waals surface area contributed by atoms with Crippen LogP contribution in [0.1, 0.15) is 15.9 Å². The van der Waals surface area contributed by atoms with E-state index >= 15 is 0 Å². The summed E-state index contributed by atoms with van der Waals surface area (Å²) in [6.45, 7) is 0.103. The number of sulfonamides is 1. The minimum Gasteiger partial charge on any atom is -0.465 e. The van der Waals surface area contributed by atoms with Gasteiger partial charge < -0.3 is 4.74 Å². The van der Waals surface area contributed by atoms with Crippen molar-refractivity contribution in [2.45, 2.75) is 11.4 Å². The minimum absolute atomic E-state index is 0.0312. The van der Waals surface area contributed by atoms with Crippen molar-refractivity contribution in [1.29, 1.82) is 0 Å². The number of carbonyl (C=O) groups is 1. The van der Waals surface area contributed by atoms with Gasteiger partial charge >= 0.3 is 5.97 Å². The molecule has 134 valence electrons. The summed E-state index contributed by atoms with van der Waals surface area (Å²) in [5.41, 5.74) is 0.926. The zero-order valence-electron chi connectivity index (χ0n) is 13.9. The molecule has 0 aliphatic carbocycles. The van der Waals surface area contributed by atoms with E-state index in [0.717, 1.165) is 16.3 Å². The van der Waals surface area contributed by atoms with Gasteiger partial charge in [-0.2, -0.15) is 0 Å². The van der Waals surface area contributed by atoms with Gasteiger partial charge in [0.05, 0.1) is 17.7 Å². The maximum atomic E-state index is 12.6. The van der Waals surface area contributed by atoms with Crippen LogP contribution < -0.4 is 4.72 Å². The van der Waals surface area contributed by atoms with E-state index in [0.29, 0.717) is 0 Å². The molecule has 0 bridgehead atoms. The molecule has 0 aliphatic heterocycles. The molecule has 0 atom stereocenters. The Morgan fingerprint density at radius 3 is 2.50 bits per heavy atom. The molecule has 26 heavy (non-hydrogen) atoms. The highest BCUT2D eigenvalue weighted by Gasteiger charge is 2.20. The minimum atomic E-state index is -3.90. The number of hydrogen-bond donors (Lipinski definition) is 1. The molecule has 0 amide bonds. The molecule has 3 rings (SSSR count). The van der Waals surface area contributed by atoms with Crippen molar-refractivity contribution in [2.24, 2.45) is 0 Å². The molecule has 0 saturated heterocycles. The van der Waals surface area contributed by atoms with Crippen LogP contribution in [0.5, 0.6) is 0 Å². The Bertz CT molecular complexity index is 1080. The topological polar surface area (TPSA) is 72.5 Å². The van der Waals surface area contributed by atoms with Gasteiger partial charge in [-0.05, 0) is 40.6 Å². The highest BCUT2D eigenvalue weighted by Crippen LogP contribution is 2.23. The summed E-state index contributed by atoms with van der Waals surface area (Å²) >= 11 is 6.02. The summed E-state index contributed by atoms with van der Waals surface area (Å²) in [6.07, 6.45) is 0. The Morgan fingerprint density at radius 2 is 1.77 bits per heavy atom. The smallest absolute Gasteiger partial charge is 0.337 e. The molecule has 0 radical (unpaired) electrons. The second-order valence-corrected chi connectivity index (χ2v) is 7.79. The van der Waals surface area contributed by atoms with Gasteiger partial charge in [0.2, 0.25) is 10.0 Å². The quantitative estimate of drug-likeness (QED) is 0.674. The molecule has 3 aromatic carbocycles. The molecular formula is C19H16ClNO4S. The van der Waals surface area contributed by atoms with Crippen LogP contribution in [-0.4, -0.2) is 21.5 Å². The molecule has 0 aromatic heterocycles. The van der Waals surface area contributed by atoms with Gasteiger partial charge in [-0.1, -0.05) is 48.0 Å². The van der Waals surface area contributed by atoms with E-state index in [1.165, 1.54) is 25.3 Å². The van der Waals surface area contributed by atoms with Crippen molar-refractivity contribution in [2.75, 3.05) is 7.11 Å².